The normalized spacial score (nSPS) is 12.9. The molecule has 0 spiro atoms. The molecule has 5 heteroatoms. The number of sulfonamides is 1. The molecule has 1 unspecified atom stereocenters. The van der Waals surface area contributed by atoms with Gasteiger partial charge < -0.3 is 4.90 Å². The van der Waals surface area contributed by atoms with Gasteiger partial charge in [0.25, 0.3) is 0 Å². The number of nitrogens with one attached hydrogen (secondary N) is 1. The van der Waals surface area contributed by atoms with E-state index in [1.807, 2.05) is 81.4 Å². The predicted molar refractivity (Wildman–Crippen MR) is 108 cm³/mol. The van der Waals surface area contributed by atoms with Crippen molar-refractivity contribution >= 4 is 26.5 Å². The van der Waals surface area contributed by atoms with E-state index in [2.05, 4.69) is 4.72 Å². The van der Waals surface area contributed by atoms with E-state index >= 15 is 0 Å². The van der Waals surface area contributed by atoms with Crippen molar-refractivity contribution in [2.45, 2.75) is 24.8 Å². The zero-order valence-corrected chi connectivity index (χ0v) is 16.3. The molecule has 0 aromatic heterocycles. The van der Waals surface area contributed by atoms with Gasteiger partial charge in [-0.1, -0.05) is 54.1 Å². The predicted octanol–water partition coefficient (Wildman–Crippen LogP) is 4.25. The molecule has 0 fully saturated rings. The Labute approximate surface area is 155 Å². The van der Waals surface area contributed by atoms with Crippen LogP contribution in [0.5, 0.6) is 0 Å². The summed E-state index contributed by atoms with van der Waals surface area (Å²) in [6.07, 6.45) is 0. The molecule has 0 saturated heterocycles. The van der Waals surface area contributed by atoms with Gasteiger partial charge in [0.05, 0.1) is 4.90 Å². The van der Waals surface area contributed by atoms with Crippen molar-refractivity contribution in [2.24, 2.45) is 0 Å². The maximum atomic E-state index is 13.1. The van der Waals surface area contributed by atoms with Gasteiger partial charge in [-0.25, -0.2) is 13.1 Å². The minimum absolute atomic E-state index is 0.303. The largest absolute Gasteiger partial charge is 0.377 e. The molecular formula is C21H24N2O2S. The number of rotatable bonds is 5. The van der Waals surface area contributed by atoms with Crippen molar-refractivity contribution in [3.63, 3.8) is 0 Å². The van der Waals surface area contributed by atoms with E-state index in [1.165, 1.54) is 0 Å². The van der Waals surface area contributed by atoms with Crippen molar-refractivity contribution in [3.05, 3.63) is 71.8 Å². The summed E-state index contributed by atoms with van der Waals surface area (Å²) < 4.78 is 28.9. The molecule has 26 heavy (non-hydrogen) atoms. The maximum absolute atomic E-state index is 13.1. The van der Waals surface area contributed by atoms with E-state index in [1.54, 1.807) is 12.1 Å². The second-order valence-corrected chi connectivity index (χ2v) is 8.46. The van der Waals surface area contributed by atoms with Crippen LogP contribution in [0.4, 0.5) is 5.69 Å². The lowest BCUT2D eigenvalue weighted by atomic mass is 10.1. The summed E-state index contributed by atoms with van der Waals surface area (Å²) >= 11 is 0. The highest BCUT2D eigenvalue weighted by atomic mass is 32.2. The van der Waals surface area contributed by atoms with Crippen molar-refractivity contribution < 1.29 is 8.42 Å². The summed E-state index contributed by atoms with van der Waals surface area (Å²) in [7, 11) is 0.249. The number of aryl methyl sites for hydroxylation is 1. The molecule has 1 atom stereocenters. The molecule has 0 saturated carbocycles. The van der Waals surface area contributed by atoms with E-state index in [-0.39, 0.29) is 6.04 Å². The molecule has 136 valence electrons. The maximum Gasteiger partial charge on any atom is 0.241 e. The molecule has 0 bridgehead atoms. The quantitative estimate of drug-likeness (QED) is 0.732. The summed E-state index contributed by atoms with van der Waals surface area (Å²) in [6.45, 7) is 3.87. The number of nitrogens with zero attached hydrogens (tertiary/aromatic N) is 1. The van der Waals surface area contributed by atoms with E-state index in [0.717, 1.165) is 27.6 Å². The lowest BCUT2D eigenvalue weighted by Gasteiger charge is -2.19. The molecular weight excluding hydrogens is 344 g/mol. The van der Waals surface area contributed by atoms with E-state index < -0.39 is 10.0 Å². The fourth-order valence-electron chi connectivity index (χ4n) is 3.11. The first-order valence-corrected chi connectivity index (χ1v) is 10.1. The highest BCUT2D eigenvalue weighted by Crippen LogP contribution is 2.30. The zero-order chi connectivity index (χ0) is 18.9. The van der Waals surface area contributed by atoms with Gasteiger partial charge >= 0.3 is 0 Å². The second kappa shape index (κ2) is 7.09. The molecule has 3 aromatic carbocycles. The third-order valence-electron chi connectivity index (χ3n) is 4.54. The Morgan fingerprint density at radius 2 is 1.50 bits per heavy atom. The van der Waals surface area contributed by atoms with Crippen LogP contribution in [0.2, 0.25) is 0 Å². The molecule has 0 amide bonds. The van der Waals surface area contributed by atoms with Crippen LogP contribution in [0.1, 0.15) is 24.1 Å². The highest BCUT2D eigenvalue weighted by Gasteiger charge is 2.21. The Balaban J connectivity index is 2.02. The van der Waals surface area contributed by atoms with E-state index in [0.29, 0.717) is 4.90 Å². The zero-order valence-electron chi connectivity index (χ0n) is 15.5. The van der Waals surface area contributed by atoms with Crippen LogP contribution in [-0.4, -0.2) is 22.5 Å². The van der Waals surface area contributed by atoms with Gasteiger partial charge in [0.2, 0.25) is 10.0 Å². The standard InChI is InChI=1S/C21H24N2O2S/c1-15-11-13-17(14-12-15)16(2)22-26(24,25)21-10-6-7-18-19(21)8-5-9-20(18)23(3)4/h5-14,16,22H,1-4H3. The summed E-state index contributed by atoms with van der Waals surface area (Å²) in [5, 5.41) is 1.64. The SMILES string of the molecule is Cc1ccc(C(C)NS(=O)(=O)c2cccc3c(N(C)C)cccc23)cc1. The first-order chi connectivity index (χ1) is 12.3. The van der Waals surface area contributed by atoms with Gasteiger partial charge in [-0.3, -0.25) is 0 Å². The number of fused-ring (bicyclic) bond motifs is 1. The first kappa shape index (κ1) is 18.4. The minimum Gasteiger partial charge on any atom is -0.377 e. The Bertz CT molecular complexity index is 1030. The van der Waals surface area contributed by atoms with Crippen LogP contribution in [0.3, 0.4) is 0 Å². The summed E-state index contributed by atoms with van der Waals surface area (Å²) in [4.78, 5) is 2.29. The number of anilines is 1. The third kappa shape index (κ3) is 3.59. The second-order valence-electron chi connectivity index (χ2n) is 6.78. The molecule has 0 heterocycles. The van der Waals surface area contributed by atoms with E-state index in [9.17, 15) is 8.42 Å². The number of hydrogen-bond donors (Lipinski definition) is 1. The highest BCUT2D eigenvalue weighted by molar-refractivity contribution is 7.89. The fourth-order valence-corrected chi connectivity index (χ4v) is 4.56. The molecule has 0 radical (unpaired) electrons. The Morgan fingerprint density at radius 3 is 2.15 bits per heavy atom. The smallest absolute Gasteiger partial charge is 0.241 e. The third-order valence-corrected chi connectivity index (χ3v) is 6.14. The molecule has 3 aromatic rings. The molecule has 0 aliphatic heterocycles. The van der Waals surface area contributed by atoms with Crippen molar-refractivity contribution in [2.75, 3.05) is 19.0 Å². The lowest BCUT2D eigenvalue weighted by molar-refractivity contribution is 0.568. The van der Waals surface area contributed by atoms with Gasteiger partial charge in [-0.15, -0.1) is 0 Å². The van der Waals surface area contributed by atoms with E-state index in [4.69, 9.17) is 0 Å². The van der Waals surface area contributed by atoms with Gasteiger partial charge in [0.1, 0.15) is 0 Å². The summed E-state index contributed by atoms with van der Waals surface area (Å²) in [6, 6.07) is 18.7. The molecule has 1 N–H and O–H groups in total. The van der Waals surface area contributed by atoms with Crippen molar-refractivity contribution in [1.82, 2.24) is 4.72 Å². The van der Waals surface area contributed by atoms with Gasteiger partial charge in [-0.2, -0.15) is 0 Å². The van der Waals surface area contributed by atoms with Gasteiger partial charge in [0.15, 0.2) is 0 Å². The monoisotopic (exact) mass is 368 g/mol. The van der Waals surface area contributed by atoms with Crippen LogP contribution in [0.25, 0.3) is 10.8 Å². The summed E-state index contributed by atoms with van der Waals surface area (Å²) in [5.41, 5.74) is 3.08. The first-order valence-electron chi connectivity index (χ1n) is 8.57. The lowest BCUT2D eigenvalue weighted by Crippen LogP contribution is -2.27. The van der Waals surface area contributed by atoms with Crippen LogP contribution >= 0.6 is 0 Å². The van der Waals surface area contributed by atoms with Crippen LogP contribution in [0.15, 0.2) is 65.6 Å². The fraction of sp³-hybridized carbons (Fsp3) is 0.238. The average molecular weight is 369 g/mol. The average Bonchev–Trinajstić information content (AvgIpc) is 2.60. The number of hydrogen-bond acceptors (Lipinski definition) is 3. The summed E-state index contributed by atoms with van der Waals surface area (Å²) in [5.74, 6) is 0. The van der Waals surface area contributed by atoms with Gasteiger partial charge in [-0.05, 0) is 31.5 Å². The molecule has 3 rings (SSSR count). The Morgan fingerprint density at radius 1 is 0.885 bits per heavy atom. The minimum atomic E-state index is -3.66. The van der Waals surface area contributed by atoms with Crippen LogP contribution in [0, 0.1) is 6.92 Å². The van der Waals surface area contributed by atoms with Crippen LogP contribution in [-0.2, 0) is 10.0 Å². The molecule has 4 nitrogen and oxygen atoms in total. The molecule has 0 aliphatic rings. The van der Waals surface area contributed by atoms with Crippen molar-refractivity contribution in [1.29, 1.82) is 0 Å². The Hall–Kier alpha value is -2.37. The molecule has 0 aliphatic carbocycles. The van der Waals surface area contributed by atoms with Crippen molar-refractivity contribution in [3.8, 4) is 0 Å². The number of benzene rings is 3. The topological polar surface area (TPSA) is 49.4 Å². The Kier molecular flexibility index (Phi) is 5.03. The van der Waals surface area contributed by atoms with Crippen LogP contribution < -0.4 is 9.62 Å². The van der Waals surface area contributed by atoms with Gasteiger partial charge in [0, 0.05) is 36.6 Å².